The third kappa shape index (κ3) is 2.72. The number of hydrogen-bond acceptors (Lipinski definition) is 7. The lowest BCUT2D eigenvalue weighted by atomic mass is 9.99. The van der Waals surface area contributed by atoms with Crippen LogP contribution in [0.15, 0.2) is 12.1 Å². The zero-order valence-corrected chi connectivity index (χ0v) is 10.6. The number of nitro groups is 1. The average Bonchev–Trinajstić information content (AvgIpc) is 2.89. The van der Waals surface area contributed by atoms with Crippen molar-refractivity contribution >= 4 is 11.8 Å². The van der Waals surface area contributed by atoms with Crippen LogP contribution in [0.25, 0.3) is 0 Å². The minimum absolute atomic E-state index is 0.0242. The smallest absolute Gasteiger partial charge is 0.421 e. The lowest BCUT2D eigenvalue weighted by Crippen LogP contribution is -2.31. The third-order valence-corrected chi connectivity index (χ3v) is 2.83. The van der Waals surface area contributed by atoms with Crippen LogP contribution >= 0.6 is 0 Å². The summed E-state index contributed by atoms with van der Waals surface area (Å²) in [5, 5.41) is 11.1. The Morgan fingerprint density at radius 1 is 1.55 bits per heavy atom. The summed E-state index contributed by atoms with van der Waals surface area (Å²) in [6.45, 7) is 1.66. The Morgan fingerprint density at radius 2 is 2.20 bits per heavy atom. The highest BCUT2D eigenvalue weighted by molar-refractivity contribution is 5.66. The molecule has 1 unspecified atom stereocenters. The van der Waals surface area contributed by atoms with Crippen LogP contribution in [0, 0.1) is 10.1 Å². The molecule has 0 radical (unpaired) electrons. The molecule has 9 nitrogen and oxygen atoms in total. The second-order valence-corrected chi connectivity index (χ2v) is 4.17. The summed E-state index contributed by atoms with van der Waals surface area (Å²) in [5.41, 5.74) is 2.09. The standard InChI is InChI=1S/C11H13N3O6/c1-6(4-18-11(15)13-12)7-2-9-10(20-5-19-9)3-8(7)14(16)17/h2-3,6H,4-5,12H2,1H3,(H,13,15). The SMILES string of the molecule is CC(COC(=O)NN)c1cc2c(cc1[N+](=O)[O-])OCO2. The van der Waals surface area contributed by atoms with Crippen LogP contribution in [0.5, 0.6) is 11.5 Å². The highest BCUT2D eigenvalue weighted by atomic mass is 16.7. The number of nitrogens with two attached hydrogens (primary N) is 1. The molecule has 1 aliphatic rings. The van der Waals surface area contributed by atoms with Crippen LogP contribution in [0.2, 0.25) is 0 Å². The minimum atomic E-state index is -0.805. The van der Waals surface area contributed by atoms with Crippen molar-refractivity contribution in [3.63, 3.8) is 0 Å². The van der Waals surface area contributed by atoms with E-state index in [0.29, 0.717) is 17.1 Å². The van der Waals surface area contributed by atoms with Gasteiger partial charge in [0.1, 0.15) is 6.61 Å². The van der Waals surface area contributed by atoms with Crippen molar-refractivity contribution in [2.24, 2.45) is 5.84 Å². The van der Waals surface area contributed by atoms with Gasteiger partial charge in [0.2, 0.25) is 6.79 Å². The van der Waals surface area contributed by atoms with Gasteiger partial charge in [-0.1, -0.05) is 6.92 Å². The zero-order valence-electron chi connectivity index (χ0n) is 10.6. The van der Waals surface area contributed by atoms with Gasteiger partial charge < -0.3 is 14.2 Å². The number of fused-ring (bicyclic) bond motifs is 1. The van der Waals surface area contributed by atoms with E-state index in [9.17, 15) is 14.9 Å². The van der Waals surface area contributed by atoms with Crippen LogP contribution in [0.3, 0.4) is 0 Å². The van der Waals surface area contributed by atoms with Gasteiger partial charge in [-0.15, -0.1) is 0 Å². The van der Waals surface area contributed by atoms with Crippen molar-refractivity contribution in [3.8, 4) is 11.5 Å². The van der Waals surface area contributed by atoms with Crippen LogP contribution in [-0.2, 0) is 4.74 Å². The number of nitro benzene ring substituents is 1. The lowest BCUT2D eigenvalue weighted by Gasteiger charge is -2.13. The summed E-state index contributed by atoms with van der Waals surface area (Å²) in [4.78, 5) is 21.5. The summed E-state index contributed by atoms with van der Waals surface area (Å²) < 4.78 is 15.1. The van der Waals surface area contributed by atoms with Gasteiger partial charge in [-0.05, 0) is 6.07 Å². The number of hydrogen-bond donors (Lipinski definition) is 2. The number of nitrogens with one attached hydrogen (secondary N) is 1. The van der Waals surface area contributed by atoms with E-state index in [1.165, 1.54) is 12.1 Å². The maximum Gasteiger partial charge on any atom is 0.421 e. The molecule has 0 saturated heterocycles. The third-order valence-electron chi connectivity index (χ3n) is 2.83. The molecule has 1 aromatic rings. The van der Waals surface area contributed by atoms with Crippen molar-refractivity contribution in [1.82, 2.24) is 5.43 Å². The molecule has 0 aromatic heterocycles. The highest BCUT2D eigenvalue weighted by Crippen LogP contribution is 2.40. The Labute approximate surface area is 113 Å². The first kappa shape index (κ1) is 13.9. The van der Waals surface area contributed by atoms with E-state index >= 15 is 0 Å². The van der Waals surface area contributed by atoms with E-state index in [2.05, 4.69) is 0 Å². The van der Waals surface area contributed by atoms with Crippen LogP contribution in [-0.4, -0.2) is 24.4 Å². The van der Waals surface area contributed by atoms with Gasteiger partial charge >= 0.3 is 6.09 Å². The summed E-state index contributed by atoms with van der Waals surface area (Å²) in [6, 6.07) is 2.83. The van der Waals surface area contributed by atoms with Gasteiger partial charge in [0.05, 0.1) is 11.0 Å². The number of ether oxygens (including phenoxy) is 3. The second-order valence-electron chi connectivity index (χ2n) is 4.17. The fraction of sp³-hybridized carbons (Fsp3) is 0.364. The number of nitrogens with zero attached hydrogens (tertiary/aromatic N) is 1. The maximum atomic E-state index is 11.1. The maximum absolute atomic E-state index is 11.1. The van der Waals surface area contributed by atoms with Gasteiger partial charge in [-0.2, -0.15) is 0 Å². The summed E-state index contributed by atoms with van der Waals surface area (Å²) in [7, 11) is 0. The van der Waals surface area contributed by atoms with Gasteiger partial charge in [-0.25, -0.2) is 10.6 Å². The largest absolute Gasteiger partial charge is 0.454 e. The van der Waals surface area contributed by atoms with Crippen molar-refractivity contribution in [1.29, 1.82) is 0 Å². The predicted molar refractivity (Wildman–Crippen MR) is 66.3 cm³/mol. The normalized spacial score (nSPS) is 13.7. The zero-order chi connectivity index (χ0) is 14.7. The molecule has 1 heterocycles. The Hall–Kier alpha value is -2.55. The van der Waals surface area contributed by atoms with Crippen molar-refractivity contribution in [2.45, 2.75) is 12.8 Å². The first-order chi connectivity index (χ1) is 9.52. The van der Waals surface area contributed by atoms with E-state index < -0.39 is 16.9 Å². The number of carbonyl (C=O) groups is 1. The Balaban J connectivity index is 2.25. The molecule has 1 aromatic carbocycles. The average molecular weight is 283 g/mol. The van der Waals surface area contributed by atoms with Crippen molar-refractivity contribution in [3.05, 3.63) is 27.8 Å². The molecule has 0 aliphatic carbocycles. The lowest BCUT2D eigenvalue weighted by molar-refractivity contribution is -0.385. The van der Waals surface area contributed by atoms with Crippen molar-refractivity contribution < 1.29 is 23.9 Å². The number of amides is 1. The monoisotopic (exact) mass is 283 g/mol. The Kier molecular flexibility index (Phi) is 3.89. The Bertz CT molecular complexity index is 547. The summed E-state index contributed by atoms with van der Waals surface area (Å²) in [5.74, 6) is 5.24. The van der Waals surface area contributed by atoms with Gasteiger partial charge in [0.25, 0.3) is 5.69 Å². The van der Waals surface area contributed by atoms with Crippen molar-refractivity contribution in [2.75, 3.05) is 13.4 Å². The van der Waals surface area contributed by atoms with E-state index in [1.807, 2.05) is 5.43 Å². The van der Waals surface area contributed by atoms with E-state index in [-0.39, 0.29) is 19.1 Å². The molecule has 9 heteroatoms. The molecule has 1 amide bonds. The first-order valence-electron chi connectivity index (χ1n) is 5.74. The first-order valence-corrected chi connectivity index (χ1v) is 5.74. The molecule has 0 spiro atoms. The van der Waals surface area contributed by atoms with E-state index in [0.717, 1.165) is 0 Å². The molecular weight excluding hydrogens is 270 g/mol. The molecule has 108 valence electrons. The van der Waals surface area contributed by atoms with Gasteiger partial charge in [0, 0.05) is 11.5 Å². The fourth-order valence-corrected chi connectivity index (χ4v) is 1.83. The number of carbonyl (C=O) groups excluding carboxylic acids is 1. The quantitative estimate of drug-likeness (QED) is 0.365. The number of rotatable bonds is 4. The van der Waals surface area contributed by atoms with E-state index in [4.69, 9.17) is 20.1 Å². The molecule has 0 saturated carbocycles. The van der Waals surface area contributed by atoms with Crippen LogP contribution < -0.4 is 20.7 Å². The van der Waals surface area contributed by atoms with Crippen LogP contribution in [0.1, 0.15) is 18.4 Å². The number of benzene rings is 1. The molecule has 1 atom stereocenters. The van der Waals surface area contributed by atoms with Gasteiger partial charge in [-0.3, -0.25) is 15.5 Å². The highest BCUT2D eigenvalue weighted by Gasteiger charge is 2.26. The Morgan fingerprint density at radius 3 is 2.80 bits per heavy atom. The minimum Gasteiger partial charge on any atom is -0.454 e. The van der Waals surface area contributed by atoms with Gasteiger partial charge in [0.15, 0.2) is 11.5 Å². The molecule has 3 N–H and O–H groups in total. The topological polar surface area (TPSA) is 126 Å². The second kappa shape index (κ2) is 5.61. The summed E-state index contributed by atoms with van der Waals surface area (Å²) >= 11 is 0. The summed E-state index contributed by atoms with van der Waals surface area (Å²) in [6.07, 6.45) is -0.805. The predicted octanol–water partition coefficient (Wildman–Crippen LogP) is 1.03. The molecule has 0 fully saturated rings. The van der Waals surface area contributed by atoms with E-state index in [1.54, 1.807) is 6.92 Å². The number of hydrazine groups is 1. The molecule has 2 rings (SSSR count). The van der Waals surface area contributed by atoms with Crippen LogP contribution in [0.4, 0.5) is 10.5 Å². The molecule has 1 aliphatic heterocycles. The molecule has 0 bridgehead atoms. The molecular formula is C11H13N3O6. The fourth-order valence-electron chi connectivity index (χ4n) is 1.83. The molecule has 20 heavy (non-hydrogen) atoms.